The largest absolute Gasteiger partial charge is 0.328 e. The zero-order valence-electron chi connectivity index (χ0n) is 6.92. The van der Waals surface area contributed by atoms with Crippen molar-refractivity contribution in [3.8, 4) is 0 Å². The van der Waals surface area contributed by atoms with Crippen LogP contribution < -0.4 is 0 Å². The lowest BCUT2D eigenvalue weighted by Crippen LogP contribution is -2.31. The normalized spacial score (nSPS) is 11.7. The summed E-state index contributed by atoms with van der Waals surface area (Å²) in [5.74, 6) is 0. The first kappa shape index (κ1) is 9.95. The van der Waals surface area contributed by atoms with Gasteiger partial charge in [0.25, 0.3) is 0 Å². The number of amides is 1. The van der Waals surface area contributed by atoms with E-state index in [0.717, 1.165) is 6.42 Å². The summed E-state index contributed by atoms with van der Waals surface area (Å²) in [7, 11) is 0. The molecule has 0 heterocycles. The minimum Gasteiger partial charge on any atom is -0.328 e. The molecule has 11 heavy (non-hydrogen) atoms. The zero-order valence-corrected chi connectivity index (χ0v) is 6.92. The average molecular weight is 152 g/mol. The lowest BCUT2D eigenvalue weighted by atomic mass is 10.2. The van der Waals surface area contributed by atoms with Gasteiger partial charge in [0.1, 0.15) is 0 Å². The highest BCUT2D eigenvalue weighted by atomic mass is 16.1. The summed E-state index contributed by atoms with van der Waals surface area (Å²) in [5.41, 5.74) is 0. The molecule has 1 atom stereocenters. The van der Waals surface area contributed by atoms with E-state index in [-0.39, 0.29) is 6.04 Å². The summed E-state index contributed by atoms with van der Waals surface area (Å²) >= 11 is 0. The monoisotopic (exact) mass is 152 g/mol. The number of hydrogen-bond donors (Lipinski definition) is 0. The fourth-order valence-corrected chi connectivity index (χ4v) is 0.815. The summed E-state index contributed by atoms with van der Waals surface area (Å²) in [5, 5.41) is 0. The molecule has 0 aliphatic rings. The first-order valence-corrected chi connectivity index (χ1v) is 3.62. The molecule has 61 valence electrons. The minimum absolute atomic E-state index is 0.169. The molecule has 0 bridgehead atoms. The number of carbonyl (C=O) groups excluding carboxylic acids is 1. The first-order chi connectivity index (χ1) is 5.26. The zero-order chi connectivity index (χ0) is 8.69. The van der Waals surface area contributed by atoms with E-state index in [0.29, 0.717) is 6.54 Å². The molecule has 2 nitrogen and oxygen atoms in total. The van der Waals surface area contributed by atoms with Crippen LogP contribution in [0.15, 0.2) is 25.3 Å². The van der Waals surface area contributed by atoms with E-state index in [1.807, 2.05) is 13.3 Å². The molecule has 0 fully saturated rings. The van der Waals surface area contributed by atoms with Crippen molar-refractivity contribution in [2.75, 3.05) is 6.54 Å². The Kier molecular flexibility index (Phi) is 5.17. The molecule has 1 unspecified atom stereocenters. The van der Waals surface area contributed by atoms with Crippen LogP contribution in [-0.2, 0) is 4.79 Å². The van der Waals surface area contributed by atoms with Crippen LogP contribution in [0.5, 0.6) is 0 Å². The molecule has 0 aliphatic heterocycles. The van der Waals surface area contributed by atoms with Crippen molar-refractivity contribution in [2.24, 2.45) is 0 Å². The highest BCUT2D eigenvalue weighted by Gasteiger charge is 2.07. The molecule has 0 saturated heterocycles. The van der Waals surface area contributed by atoms with Gasteiger partial charge in [-0.3, -0.25) is 4.79 Å². The Morgan fingerprint density at radius 3 is 2.55 bits per heavy atom. The number of nitrogens with zero attached hydrogens (tertiary/aromatic N) is 1. The summed E-state index contributed by atoms with van der Waals surface area (Å²) in [6.45, 7) is 9.65. The van der Waals surface area contributed by atoms with Crippen molar-refractivity contribution >= 4 is 6.41 Å². The van der Waals surface area contributed by atoms with Gasteiger partial charge in [0.2, 0.25) is 0 Å². The van der Waals surface area contributed by atoms with Gasteiger partial charge in [0.05, 0.1) is 0 Å². The lowest BCUT2D eigenvalue weighted by molar-refractivity contribution is 0.335. The van der Waals surface area contributed by atoms with Crippen LogP contribution in [0.3, 0.4) is 0 Å². The van der Waals surface area contributed by atoms with Gasteiger partial charge in [-0.2, -0.15) is 0 Å². The van der Waals surface area contributed by atoms with Gasteiger partial charge >= 0.3 is 6.41 Å². The topological polar surface area (TPSA) is 20.3 Å². The quantitative estimate of drug-likeness (QED) is 0.417. The number of rotatable bonds is 6. The van der Waals surface area contributed by atoms with E-state index < -0.39 is 0 Å². The molecule has 1 radical (unpaired) electrons. The van der Waals surface area contributed by atoms with Crippen LogP contribution in [0.1, 0.15) is 13.3 Å². The standard InChI is InChI=1S/C9H14NO/c1-4-6-9(3)10(8-11)7-5-2/h4-5,9H,1-2,6-7H2,3H3. The van der Waals surface area contributed by atoms with Gasteiger partial charge in [0.15, 0.2) is 0 Å². The van der Waals surface area contributed by atoms with Crippen molar-refractivity contribution in [3.05, 3.63) is 25.3 Å². The van der Waals surface area contributed by atoms with Crippen LogP contribution >= 0.6 is 0 Å². The van der Waals surface area contributed by atoms with Gasteiger partial charge in [-0.25, -0.2) is 0 Å². The SMILES string of the molecule is C=CCC(C)N([C]=O)CC=C. The van der Waals surface area contributed by atoms with Crippen LogP contribution in [0.2, 0.25) is 0 Å². The second-order valence-corrected chi connectivity index (χ2v) is 2.41. The molecule has 0 saturated carbocycles. The summed E-state index contributed by atoms with van der Waals surface area (Å²) in [6.07, 6.45) is 6.12. The second-order valence-electron chi connectivity index (χ2n) is 2.41. The van der Waals surface area contributed by atoms with Crippen molar-refractivity contribution in [2.45, 2.75) is 19.4 Å². The predicted octanol–water partition coefficient (Wildman–Crippen LogP) is 1.51. The number of hydrogen-bond acceptors (Lipinski definition) is 1. The fraction of sp³-hybridized carbons (Fsp3) is 0.444. The Hall–Kier alpha value is -1.05. The molecule has 1 amide bonds. The Bertz CT molecular complexity index is 142. The molecule has 2 heteroatoms. The second kappa shape index (κ2) is 5.71. The Labute approximate surface area is 68.2 Å². The molecule has 0 aromatic rings. The highest BCUT2D eigenvalue weighted by molar-refractivity contribution is 5.49. The Balaban J connectivity index is 3.88. The summed E-state index contributed by atoms with van der Waals surface area (Å²) in [6, 6.07) is 0.169. The maximum Gasteiger partial charge on any atom is 0.312 e. The van der Waals surface area contributed by atoms with Crippen LogP contribution in [0.25, 0.3) is 0 Å². The maximum absolute atomic E-state index is 10.3. The molecular formula is C9H14NO. The van der Waals surface area contributed by atoms with Crippen molar-refractivity contribution in [3.63, 3.8) is 0 Å². The van der Waals surface area contributed by atoms with Crippen LogP contribution in [0.4, 0.5) is 0 Å². The minimum atomic E-state index is 0.169. The van der Waals surface area contributed by atoms with Gasteiger partial charge in [0, 0.05) is 12.6 Å². The van der Waals surface area contributed by atoms with Gasteiger partial charge in [-0.1, -0.05) is 12.2 Å². The third-order valence-corrected chi connectivity index (χ3v) is 1.48. The summed E-state index contributed by atoms with van der Waals surface area (Å²) in [4.78, 5) is 11.9. The third-order valence-electron chi connectivity index (χ3n) is 1.48. The molecule has 0 aromatic carbocycles. The maximum atomic E-state index is 10.3. The molecule has 0 spiro atoms. The van der Waals surface area contributed by atoms with Gasteiger partial charge < -0.3 is 4.90 Å². The molecule has 0 rings (SSSR count). The first-order valence-electron chi connectivity index (χ1n) is 3.62. The van der Waals surface area contributed by atoms with Gasteiger partial charge in [-0.05, 0) is 13.3 Å². The molecule has 0 aliphatic carbocycles. The van der Waals surface area contributed by atoms with E-state index in [2.05, 4.69) is 13.2 Å². The molecule has 0 N–H and O–H groups in total. The van der Waals surface area contributed by atoms with E-state index >= 15 is 0 Å². The summed E-state index contributed by atoms with van der Waals surface area (Å²) < 4.78 is 0. The van der Waals surface area contributed by atoms with Crippen molar-refractivity contribution < 1.29 is 4.79 Å². The third kappa shape index (κ3) is 3.61. The van der Waals surface area contributed by atoms with Crippen LogP contribution in [-0.4, -0.2) is 23.9 Å². The Morgan fingerprint density at radius 2 is 2.18 bits per heavy atom. The van der Waals surface area contributed by atoms with E-state index in [4.69, 9.17) is 0 Å². The van der Waals surface area contributed by atoms with E-state index in [1.165, 1.54) is 0 Å². The van der Waals surface area contributed by atoms with E-state index in [9.17, 15) is 4.79 Å². The van der Waals surface area contributed by atoms with Gasteiger partial charge in [-0.15, -0.1) is 13.2 Å². The molecular weight excluding hydrogens is 138 g/mol. The fourth-order valence-electron chi connectivity index (χ4n) is 0.815. The van der Waals surface area contributed by atoms with Crippen molar-refractivity contribution in [1.82, 2.24) is 4.90 Å². The molecule has 0 aromatic heterocycles. The highest BCUT2D eigenvalue weighted by Crippen LogP contribution is 2.00. The smallest absolute Gasteiger partial charge is 0.312 e. The van der Waals surface area contributed by atoms with Crippen LogP contribution in [0, 0.1) is 0 Å². The average Bonchev–Trinajstić information content (AvgIpc) is 2.00. The van der Waals surface area contributed by atoms with E-state index in [1.54, 1.807) is 17.1 Å². The Morgan fingerprint density at radius 1 is 1.55 bits per heavy atom. The lowest BCUT2D eigenvalue weighted by Gasteiger charge is -2.20. The van der Waals surface area contributed by atoms with Crippen molar-refractivity contribution in [1.29, 1.82) is 0 Å². The predicted molar refractivity (Wildman–Crippen MR) is 46.9 cm³/mol.